The number of aliphatic imine (C=N–C) groups is 1. The highest BCUT2D eigenvalue weighted by Crippen LogP contribution is 2.93. The molecular formula is C39H66FN5. The zero-order valence-corrected chi connectivity index (χ0v) is 29.9. The van der Waals surface area contributed by atoms with Gasteiger partial charge in [0, 0.05) is 6.20 Å². The van der Waals surface area contributed by atoms with Gasteiger partial charge in [-0.1, -0.05) is 85.3 Å². The number of rotatable bonds is 15. The van der Waals surface area contributed by atoms with E-state index in [0.717, 1.165) is 54.1 Å². The molecule has 0 saturated heterocycles. The first kappa shape index (κ1) is 38.9. The summed E-state index contributed by atoms with van der Waals surface area (Å²) in [7, 11) is 2.00. The average molecular weight is 624 g/mol. The molecule has 2 atom stereocenters. The van der Waals surface area contributed by atoms with E-state index in [1.807, 2.05) is 50.0 Å². The third-order valence-corrected chi connectivity index (χ3v) is 10.4. The Morgan fingerprint density at radius 1 is 1.13 bits per heavy atom. The SMILES string of the molecule is C=C/C(=C/C=C(\N=C)n1ccc(CCCC2C3(CC3)C23CC3)n1)C(C)(C)CCCNC.CC.CCCC.NC[C@@H]1C=CC(F)C1. The van der Waals surface area contributed by atoms with Crippen LogP contribution in [-0.4, -0.2) is 42.8 Å². The average Bonchev–Trinajstić information content (AvgIpc) is 4.00. The summed E-state index contributed by atoms with van der Waals surface area (Å²) < 4.78 is 14.1. The van der Waals surface area contributed by atoms with Crippen LogP contribution in [0.4, 0.5) is 4.39 Å². The van der Waals surface area contributed by atoms with Crippen molar-refractivity contribution in [2.75, 3.05) is 20.1 Å². The van der Waals surface area contributed by atoms with Crippen LogP contribution in [0.1, 0.15) is 118 Å². The summed E-state index contributed by atoms with van der Waals surface area (Å²) in [6.07, 6.45) is 26.0. The van der Waals surface area contributed by atoms with Gasteiger partial charge in [0.2, 0.25) is 0 Å². The molecule has 45 heavy (non-hydrogen) atoms. The first-order chi connectivity index (χ1) is 21.7. The lowest BCUT2D eigenvalue weighted by molar-refractivity contribution is 0.367. The molecule has 254 valence electrons. The van der Waals surface area contributed by atoms with Gasteiger partial charge in [0.05, 0.1) is 5.69 Å². The van der Waals surface area contributed by atoms with Crippen LogP contribution >= 0.6 is 0 Å². The van der Waals surface area contributed by atoms with Gasteiger partial charge in [0.25, 0.3) is 0 Å². The summed E-state index contributed by atoms with van der Waals surface area (Å²) in [4.78, 5) is 4.23. The van der Waals surface area contributed by atoms with Crippen LogP contribution in [0.2, 0.25) is 0 Å². The Morgan fingerprint density at radius 2 is 1.78 bits per heavy atom. The van der Waals surface area contributed by atoms with Crippen molar-refractivity contribution in [2.24, 2.45) is 38.8 Å². The van der Waals surface area contributed by atoms with Crippen molar-refractivity contribution in [1.82, 2.24) is 15.1 Å². The van der Waals surface area contributed by atoms with Gasteiger partial charge in [-0.25, -0.2) is 14.1 Å². The molecule has 1 unspecified atom stereocenters. The molecule has 4 aliphatic carbocycles. The number of allylic oxidation sites excluding steroid dienone is 5. The number of fused-ring (bicyclic) bond motifs is 1. The van der Waals surface area contributed by atoms with Gasteiger partial charge in [-0.15, -0.1) is 0 Å². The molecule has 1 heterocycles. The monoisotopic (exact) mass is 624 g/mol. The normalized spacial score (nSPS) is 22.1. The molecular weight excluding hydrogens is 557 g/mol. The van der Waals surface area contributed by atoms with Gasteiger partial charge < -0.3 is 11.1 Å². The molecule has 6 heteroatoms. The lowest BCUT2D eigenvalue weighted by Gasteiger charge is -2.26. The van der Waals surface area contributed by atoms with Crippen molar-refractivity contribution in [3.63, 3.8) is 0 Å². The van der Waals surface area contributed by atoms with Crippen molar-refractivity contribution < 1.29 is 4.39 Å². The fourth-order valence-corrected chi connectivity index (χ4v) is 7.15. The van der Waals surface area contributed by atoms with E-state index in [-0.39, 0.29) is 5.41 Å². The number of unbranched alkanes of at least 4 members (excludes halogenated alkanes) is 1. The fraction of sp³-hybridized carbons (Fsp3) is 0.692. The van der Waals surface area contributed by atoms with Gasteiger partial charge in [0.1, 0.15) is 6.17 Å². The summed E-state index contributed by atoms with van der Waals surface area (Å²) in [5, 5.41) is 8.01. The Kier molecular flexibility index (Phi) is 16.2. The largest absolute Gasteiger partial charge is 0.330 e. The van der Waals surface area contributed by atoms with Crippen LogP contribution in [0.15, 0.2) is 59.8 Å². The number of halogens is 1. The van der Waals surface area contributed by atoms with E-state index in [2.05, 4.69) is 63.4 Å². The van der Waals surface area contributed by atoms with E-state index in [1.54, 1.807) is 6.08 Å². The second kappa shape index (κ2) is 18.7. The summed E-state index contributed by atoms with van der Waals surface area (Å²) in [6.45, 7) is 22.3. The molecule has 0 bridgehead atoms. The molecule has 3 N–H and O–H groups in total. The van der Waals surface area contributed by atoms with Crippen LogP contribution in [0.3, 0.4) is 0 Å². The maximum Gasteiger partial charge on any atom is 0.152 e. The lowest BCUT2D eigenvalue weighted by Crippen LogP contribution is -2.17. The number of aromatic nitrogens is 2. The minimum Gasteiger partial charge on any atom is -0.330 e. The first-order valence-electron chi connectivity index (χ1n) is 17.9. The van der Waals surface area contributed by atoms with Crippen LogP contribution in [0, 0.1) is 28.1 Å². The maximum absolute atomic E-state index is 12.2. The highest BCUT2D eigenvalue weighted by molar-refractivity contribution is 5.53. The highest BCUT2D eigenvalue weighted by atomic mass is 19.1. The molecule has 1 aromatic heterocycles. The van der Waals surface area contributed by atoms with E-state index in [0.29, 0.717) is 18.9 Å². The lowest BCUT2D eigenvalue weighted by atomic mass is 9.79. The molecule has 2 spiro atoms. The Bertz CT molecular complexity index is 1100. The number of nitrogens with zero attached hydrogens (tertiary/aromatic N) is 3. The molecule has 3 fully saturated rings. The van der Waals surface area contributed by atoms with E-state index in [4.69, 9.17) is 10.8 Å². The third-order valence-electron chi connectivity index (χ3n) is 10.4. The smallest absolute Gasteiger partial charge is 0.152 e. The Hall–Kier alpha value is -2.31. The molecule has 1 aromatic rings. The summed E-state index contributed by atoms with van der Waals surface area (Å²) >= 11 is 0. The van der Waals surface area contributed by atoms with Gasteiger partial charge >= 0.3 is 0 Å². The predicted molar refractivity (Wildman–Crippen MR) is 194 cm³/mol. The number of hydrogen-bond donors (Lipinski definition) is 2. The molecule has 0 radical (unpaired) electrons. The minimum atomic E-state index is -0.733. The van der Waals surface area contributed by atoms with Crippen LogP contribution in [-0.2, 0) is 6.42 Å². The minimum absolute atomic E-state index is 0.0668. The van der Waals surface area contributed by atoms with E-state index in [1.165, 1.54) is 56.9 Å². The van der Waals surface area contributed by atoms with Gasteiger partial charge in [-0.2, -0.15) is 5.10 Å². The first-order valence-corrected chi connectivity index (χ1v) is 17.9. The molecule has 0 aromatic carbocycles. The number of alkyl halides is 1. The van der Waals surface area contributed by atoms with Crippen molar-refractivity contribution in [3.8, 4) is 0 Å². The molecule has 3 saturated carbocycles. The third kappa shape index (κ3) is 10.6. The van der Waals surface area contributed by atoms with Crippen molar-refractivity contribution in [1.29, 1.82) is 0 Å². The fourth-order valence-electron chi connectivity index (χ4n) is 7.15. The Balaban J connectivity index is 0.000000420. The van der Waals surface area contributed by atoms with E-state index < -0.39 is 6.17 Å². The Labute approximate surface area is 275 Å². The van der Waals surface area contributed by atoms with E-state index in [9.17, 15) is 4.39 Å². The van der Waals surface area contributed by atoms with Crippen LogP contribution in [0.25, 0.3) is 5.82 Å². The summed E-state index contributed by atoms with van der Waals surface area (Å²) in [6, 6.07) is 2.13. The topological polar surface area (TPSA) is 68.2 Å². The maximum atomic E-state index is 12.2. The summed E-state index contributed by atoms with van der Waals surface area (Å²) in [5.41, 5.74) is 9.36. The second-order valence-corrected chi connectivity index (χ2v) is 13.7. The standard InChI is InChI=1S/C27H40N4.C6H10FN.C4H10.C2H6/c1-6-21(25(2,3)14-8-19-28-4)11-12-24(29-5)31-20-13-22(30-31)9-7-10-23-26(15-16-26)27(23)17-18-27;7-6-2-1-5(3-6)4-8;1-3-4-2;1-2/h6,11-13,20,23,28H,1,5,7-10,14-19H2,2-4H3;1-2,5-6H,3-4,8H2;3-4H2,1-2H3;1-2H3/b21-11-,24-12+;;;/t;5-,6?;;/m.1../s1. The molecule has 4 aliphatic rings. The summed E-state index contributed by atoms with van der Waals surface area (Å²) in [5.74, 6) is 2.09. The number of aryl methyl sites for hydroxylation is 1. The number of hydrogen-bond acceptors (Lipinski definition) is 4. The quantitative estimate of drug-likeness (QED) is 0.0884. The molecule has 5 rings (SSSR count). The molecule has 5 nitrogen and oxygen atoms in total. The van der Waals surface area contributed by atoms with E-state index >= 15 is 0 Å². The zero-order chi connectivity index (χ0) is 33.5. The van der Waals surface area contributed by atoms with Crippen LogP contribution < -0.4 is 11.1 Å². The predicted octanol–water partition coefficient (Wildman–Crippen LogP) is 9.73. The molecule has 0 amide bonds. The Morgan fingerprint density at radius 3 is 2.22 bits per heavy atom. The van der Waals surface area contributed by atoms with Crippen LogP contribution in [0.5, 0.6) is 0 Å². The number of nitrogens with two attached hydrogens (primary N) is 1. The van der Waals surface area contributed by atoms with Crippen molar-refractivity contribution in [2.45, 2.75) is 125 Å². The van der Waals surface area contributed by atoms with Gasteiger partial charge in [-0.05, 0) is 137 Å². The highest BCUT2D eigenvalue weighted by Gasteiger charge is 2.85. The van der Waals surface area contributed by atoms with Crippen molar-refractivity contribution >= 4 is 12.5 Å². The zero-order valence-electron chi connectivity index (χ0n) is 29.9. The molecule has 0 aliphatic heterocycles. The second-order valence-electron chi connectivity index (χ2n) is 13.7. The number of nitrogens with one attached hydrogen (secondary N) is 1. The van der Waals surface area contributed by atoms with Gasteiger partial charge in [0.15, 0.2) is 5.82 Å². The van der Waals surface area contributed by atoms with Gasteiger partial charge in [-0.3, -0.25) is 0 Å². The van der Waals surface area contributed by atoms with Crippen molar-refractivity contribution in [3.05, 3.63) is 60.5 Å².